The Labute approximate surface area is 678 Å². The molecule has 8 atom stereocenters. The first kappa shape index (κ1) is 79.6. The molecule has 110 heavy (non-hydrogen) atoms. The lowest BCUT2D eigenvalue weighted by molar-refractivity contribution is 0.00578. The third kappa shape index (κ3) is 14.7. The zero-order valence-electron chi connectivity index (χ0n) is 62.1. The molecule has 16 aromatic rings. The molecule has 3 aliphatic heterocycles. The highest BCUT2D eigenvalue weighted by atomic mass is 79.9. The second-order valence-corrected chi connectivity index (χ2v) is 84.0. The van der Waals surface area contributed by atoms with Crippen molar-refractivity contribution >= 4 is 229 Å². The average molecular weight is 1760 g/mol. The summed E-state index contributed by atoms with van der Waals surface area (Å²) in [6, 6.07) is 94.2. The van der Waals surface area contributed by atoms with Gasteiger partial charge in [-0.05, 0) is 204 Å². The van der Waals surface area contributed by atoms with E-state index in [-0.39, 0.29) is 64.0 Å². The van der Waals surface area contributed by atoms with Crippen LogP contribution in [0.25, 0.3) is 120 Å². The third-order valence-electron chi connectivity index (χ3n) is 21.8. The van der Waals surface area contributed by atoms with Crippen molar-refractivity contribution in [3.05, 3.63) is 294 Å². The standard InChI is InChI=1S/C41H28O2.C27H27BO4.C20H13Br.H16P14/c1-41(2)33-22-20-26(24-36(33)43-40-34(41)23-21-32-27-14-10-11-19-35(27)42-39(32)40)38-30-17-8-6-15-28(30)37(25-12-4-3-5-13-25)29-16-7-9-18-31(29)38;1-25(2)19-13-11-16(28-31-26(3,4)27(5,6)32-28)15-22(19)30-24-20(25)14-12-18-17-9-7-8-10-21(17)29-23(18)24;21-20-17-12-6-4-10-15(17)19(14-8-2-1-3-9-14)16-11-5-7-13-18(16)20;1-9(2)13(10(3)4)14(11(5)6)12(7)8/h3-24H,1-2H3;7-15H,1-6H3;1-13H;1-8H2. The van der Waals surface area contributed by atoms with Gasteiger partial charge in [-0.25, -0.2) is 0 Å². The maximum absolute atomic E-state index is 6.84. The minimum atomic E-state index is -0.430. The van der Waals surface area contributed by atoms with Crippen molar-refractivity contribution in [3.8, 4) is 56.4 Å². The lowest BCUT2D eigenvalue weighted by Gasteiger charge is -2.37. The predicted octanol–water partition coefficient (Wildman–Crippen LogP) is 32.2. The van der Waals surface area contributed by atoms with Gasteiger partial charge >= 0.3 is 7.12 Å². The SMILES string of the molecule is Brc1c2ccccc2c(-c2ccccc2)c2ccccc12.CC1(C)c2ccc(-c3c4ccccc4c(-c4ccccc4)c4ccccc34)cc2Oc2c1ccc1c2oc2ccccc21.CC1(C)c2ccc(B3OC(C)(C)C(C)(C)O3)cc2Oc2c1ccc1c2oc2ccccc21.PP(P)P(P(P)P)P(P(P)P)P(P)P. The Bertz CT molecular complexity index is 6070. The van der Waals surface area contributed by atoms with Gasteiger partial charge in [-0.3, -0.25) is 0 Å². The van der Waals surface area contributed by atoms with Crippen molar-refractivity contribution in [3.63, 3.8) is 0 Å². The van der Waals surface area contributed by atoms with E-state index in [0.717, 1.165) is 94.6 Å². The monoisotopic (exact) mass is 1760 g/mol. The Morgan fingerprint density at radius 2 is 0.609 bits per heavy atom. The maximum atomic E-state index is 6.84. The van der Waals surface area contributed by atoms with Crippen LogP contribution in [0.3, 0.4) is 0 Å². The van der Waals surface area contributed by atoms with Crippen LogP contribution in [0.1, 0.15) is 77.6 Å². The van der Waals surface area contributed by atoms with Gasteiger partial charge in [-0.2, -0.15) is 0 Å². The summed E-state index contributed by atoms with van der Waals surface area (Å²) >= 11 is 3.79. The highest BCUT2D eigenvalue weighted by Crippen LogP contribution is 3.21. The molecule has 552 valence electrons. The maximum Gasteiger partial charge on any atom is 0.494 e. The third-order valence-corrected chi connectivity index (χ3v) is 102. The Morgan fingerprint density at radius 1 is 0.300 bits per heavy atom. The largest absolute Gasteiger partial charge is 0.494 e. The lowest BCUT2D eigenvalue weighted by atomic mass is 9.72. The van der Waals surface area contributed by atoms with Crippen molar-refractivity contribution in [2.24, 2.45) is 0 Å². The Kier molecular flexibility index (Phi) is 23.4. The fourth-order valence-corrected chi connectivity index (χ4v) is 164. The fourth-order valence-electron chi connectivity index (χ4n) is 15.7. The summed E-state index contributed by atoms with van der Waals surface area (Å²) in [7, 11) is 23.9. The van der Waals surface area contributed by atoms with Gasteiger partial charge in [0, 0.05) is 59.1 Å². The summed E-state index contributed by atoms with van der Waals surface area (Å²) in [6.07, 6.45) is 0. The number of furan rings is 2. The molecule has 0 saturated carbocycles. The van der Waals surface area contributed by atoms with E-state index in [0.29, 0.717) is 0 Å². The van der Waals surface area contributed by atoms with Crippen LogP contribution in [0, 0.1) is 0 Å². The quantitative estimate of drug-likeness (QED) is 0.0815. The second-order valence-electron chi connectivity index (χ2n) is 29.8. The van der Waals surface area contributed by atoms with E-state index in [4.69, 9.17) is 27.6 Å². The number of hydrogen-bond acceptors (Lipinski definition) is 6. The molecule has 14 aromatic carbocycles. The van der Waals surface area contributed by atoms with Gasteiger partial charge in [0.15, 0.2) is 22.7 Å². The van der Waals surface area contributed by atoms with Crippen molar-refractivity contribution in [1.29, 1.82) is 0 Å². The van der Waals surface area contributed by atoms with Crippen molar-refractivity contribution in [2.45, 2.75) is 77.4 Å². The molecule has 0 spiro atoms. The molecule has 0 radical (unpaired) electrons. The summed E-state index contributed by atoms with van der Waals surface area (Å²) in [4.78, 5) is 0. The minimum absolute atomic E-state index is 0.0856. The van der Waals surface area contributed by atoms with E-state index in [1.807, 2.05) is 30.3 Å². The zero-order valence-corrected chi connectivity index (χ0v) is 78.3. The molecule has 8 unspecified atom stereocenters. The Balaban J connectivity index is 0.000000121. The molecular formula is C88H84BBrO6P14. The van der Waals surface area contributed by atoms with Gasteiger partial charge in [0.1, 0.15) is 22.7 Å². The van der Waals surface area contributed by atoms with Crippen LogP contribution in [-0.4, -0.2) is 18.3 Å². The number of ether oxygens (including phenoxy) is 2. The average Bonchev–Trinajstić information content (AvgIpc) is 1.34. The molecule has 0 aliphatic carbocycles. The summed E-state index contributed by atoms with van der Waals surface area (Å²) < 4.78 is 39.8. The Hall–Kier alpha value is -4.20. The van der Waals surface area contributed by atoms with Gasteiger partial charge in [-0.1, -0.05) is 258 Å². The van der Waals surface area contributed by atoms with E-state index in [1.165, 1.54) is 80.9 Å². The van der Waals surface area contributed by atoms with Gasteiger partial charge in [0.2, 0.25) is 0 Å². The molecule has 0 bridgehead atoms. The van der Waals surface area contributed by atoms with Gasteiger partial charge < -0.3 is 27.6 Å². The van der Waals surface area contributed by atoms with Crippen LogP contribution in [0.4, 0.5) is 0 Å². The molecule has 1 saturated heterocycles. The fraction of sp³-hybridized carbons (Fsp3) is 0.136. The lowest BCUT2D eigenvalue weighted by Crippen LogP contribution is -2.41. The smallest absolute Gasteiger partial charge is 0.453 e. The van der Waals surface area contributed by atoms with Crippen LogP contribution in [0.5, 0.6) is 23.0 Å². The second kappa shape index (κ2) is 32.4. The van der Waals surface area contributed by atoms with Gasteiger partial charge in [0.05, 0.1) is 11.2 Å². The highest BCUT2D eigenvalue weighted by molar-refractivity contribution is 9.27. The van der Waals surface area contributed by atoms with E-state index in [1.54, 1.807) is 0 Å². The van der Waals surface area contributed by atoms with Crippen LogP contribution < -0.4 is 14.9 Å². The molecule has 2 aromatic heterocycles. The molecular weight excluding hydrogens is 1680 g/mol. The summed E-state index contributed by atoms with van der Waals surface area (Å²) in [5.41, 5.74) is 15.1. The van der Waals surface area contributed by atoms with Crippen LogP contribution in [-0.2, 0) is 20.1 Å². The first-order valence-electron chi connectivity index (χ1n) is 36.1. The number of rotatable bonds is 9. The van der Waals surface area contributed by atoms with Crippen LogP contribution in [0.2, 0.25) is 0 Å². The molecule has 5 heterocycles. The topological polar surface area (TPSA) is 63.2 Å². The number of benzene rings is 14. The molecule has 0 N–H and O–H groups in total. The first-order chi connectivity index (χ1) is 52.8. The van der Waals surface area contributed by atoms with Crippen molar-refractivity contribution in [1.82, 2.24) is 0 Å². The number of halogens is 1. The summed E-state index contributed by atoms with van der Waals surface area (Å²) in [5, 5.41) is 14.4. The van der Waals surface area contributed by atoms with E-state index in [9.17, 15) is 0 Å². The van der Waals surface area contributed by atoms with Gasteiger partial charge in [0.25, 0.3) is 0 Å². The number of hydrogen-bond donors (Lipinski definition) is 0. The molecule has 0 amide bonds. The summed E-state index contributed by atoms with van der Waals surface area (Å²) in [6.45, 7) is 18.0. The normalized spacial score (nSPS) is 15.1. The summed E-state index contributed by atoms with van der Waals surface area (Å²) in [5.74, 6) is 3.31. The number of fused-ring (bicyclic) bond motifs is 16. The first-order valence-corrected chi connectivity index (χ1v) is 61.5. The molecule has 19 rings (SSSR count). The zero-order chi connectivity index (χ0) is 76.9. The minimum Gasteiger partial charge on any atom is -0.453 e. The molecule has 3 aliphatic rings. The van der Waals surface area contributed by atoms with Crippen LogP contribution in [0.15, 0.2) is 280 Å². The molecule has 22 heteroatoms. The van der Waals surface area contributed by atoms with Crippen molar-refractivity contribution in [2.75, 3.05) is 0 Å². The van der Waals surface area contributed by atoms with Crippen molar-refractivity contribution < 1.29 is 27.6 Å². The molecule has 1 fully saturated rings. The predicted molar refractivity (Wildman–Crippen MR) is 520 cm³/mol. The number of para-hydroxylation sites is 2. The van der Waals surface area contributed by atoms with E-state index >= 15 is 0 Å². The molecule has 6 nitrogen and oxygen atoms in total. The van der Waals surface area contributed by atoms with E-state index in [2.05, 4.69) is 379 Å². The van der Waals surface area contributed by atoms with Crippen LogP contribution >= 0.6 is 129 Å². The van der Waals surface area contributed by atoms with Gasteiger partial charge in [-0.15, -0.1) is 71.4 Å². The van der Waals surface area contributed by atoms with E-state index < -0.39 is 7.12 Å². The highest BCUT2D eigenvalue weighted by Gasteiger charge is 2.52. The Morgan fingerprint density at radius 3 is 0.991 bits per heavy atom.